The third-order valence-electron chi connectivity index (χ3n) is 2.87. The van der Waals surface area contributed by atoms with E-state index in [2.05, 4.69) is 48.8 Å². The van der Waals surface area contributed by atoms with Crippen molar-refractivity contribution in [2.45, 2.75) is 20.3 Å². The Morgan fingerprint density at radius 3 is 3.00 bits per heavy atom. The first kappa shape index (κ1) is 11.6. The van der Waals surface area contributed by atoms with Gasteiger partial charge in [-0.3, -0.25) is 0 Å². The number of hydrogen-bond acceptors (Lipinski definition) is 2. The number of rotatable bonds is 5. The van der Waals surface area contributed by atoms with Crippen LogP contribution in [0.1, 0.15) is 19.4 Å². The van der Waals surface area contributed by atoms with Gasteiger partial charge in [0.2, 0.25) is 0 Å². The summed E-state index contributed by atoms with van der Waals surface area (Å²) in [6.45, 7) is 6.65. The SMILES string of the molecule is CCNCC(C)Cc1cccc2ccsc12. The summed E-state index contributed by atoms with van der Waals surface area (Å²) in [6, 6.07) is 8.84. The van der Waals surface area contributed by atoms with E-state index in [0.29, 0.717) is 5.92 Å². The number of thiophene rings is 1. The van der Waals surface area contributed by atoms with E-state index in [9.17, 15) is 0 Å². The van der Waals surface area contributed by atoms with Crippen LogP contribution in [0.15, 0.2) is 29.6 Å². The molecule has 0 saturated carbocycles. The van der Waals surface area contributed by atoms with Crippen LogP contribution >= 0.6 is 11.3 Å². The van der Waals surface area contributed by atoms with Crippen LogP contribution in [0.4, 0.5) is 0 Å². The monoisotopic (exact) mass is 233 g/mol. The van der Waals surface area contributed by atoms with Crippen LogP contribution in [0.3, 0.4) is 0 Å². The molecule has 0 aliphatic rings. The van der Waals surface area contributed by atoms with Crippen LogP contribution in [0.5, 0.6) is 0 Å². The zero-order valence-corrected chi connectivity index (χ0v) is 10.8. The Morgan fingerprint density at radius 1 is 1.31 bits per heavy atom. The van der Waals surface area contributed by atoms with E-state index < -0.39 is 0 Å². The lowest BCUT2D eigenvalue weighted by atomic mass is 10.0. The Morgan fingerprint density at radius 2 is 2.19 bits per heavy atom. The van der Waals surface area contributed by atoms with Gasteiger partial charge in [-0.05, 0) is 47.8 Å². The minimum absolute atomic E-state index is 0.702. The lowest BCUT2D eigenvalue weighted by molar-refractivity contribution is 0.523. The van der Waals surface area contributed by atoms with E-state index >= 15 is 0 Å². The first-order chi connectivity index (χ1) is 7.81. The van der Waals surface area contributed by atoms with E-state index in [1.807, 2.05) is 11.3 Å². The first-order valence-corrected chi connectivity index (χ1v) is 6.85. The van der Waals surface area contributed by atoms with Crippen LogP contribution in [-0.4, -0.2) is 13.1 Å². The predicted molar refractivity (Wildman–Crippen MR) is 73.2 cm³/mol. The lowest BCUT2D eigenvalue weighted by Crippen LogP contribution is -2.21. The van der Waals surface area contributed by atoms with E-state index in [4.69, 9.17) is 0 Å². The minimum Gasteiger partial charge on any atom is -0.317 e. The summed E-state index contributed by atoms with van der Waals surface area (Å²) in [5, 5.41) is 6.98. The summed E-state index contributed by atoms with van der Waals surface area (Å²) in [5.41, 5.74) is 1.50. The zero-order chi connectivity index (χ0) is 11.4. The Labute approximate surface area is 101 Å². The van der Waals surface area contributed by atoms with Gasteiger partial charge < -0.3 is 5.32 Å². The summed E-state index contributed by atoms with van der Waals surface area (Å²) in [6.07, 6.45) is 1.17. The molecule has 0 aliphatic heterocycles. The largest absolute Gasteiger partial charge is 0.317 e. The summed E-state index contributed by atoms with van der Waals surface area (Å²) in [7, 11) is 0. The van der Waals surface area contributed by atoms with Crippen LogP contribution in [-0.2, 0) is 6.42 Å². The lowest BCUT2D eigenvalue weighted by Gasteiger charge is -2.12. The van der Waals surface area contributed by atoms with Gasteiger partial charge in [0, 0.05) is 4.70 Å². The highest BCUT2D eigenvalue weighted by Crippen LogP contribution is 2.26. The van der Waals surface area contributed by atoms with Gasteiger partial charge in [0.05, 0.1) is 0 Å². The third kappa shape index (κ3) is 2.63. The molecule has 0 spiro atoms. The van der Waals surface area contributed by atoms with Gasteiger partial charge in [-0.15, -0.1) is 11.3 Å². The maximum Gasteiger partial charge on any atom is 0.0374 e. The molecule has 2 rings (SSSR count). The van der Waals surface area contributed by atoms with Crippen molar-refractivity contribution in [1.82, 2.24) is 5.32 Å². The molecule has 1 nitrogen and oxygen atoms in total. The maximum absolute atomic E-state index is 3.41. The average molecular weight is 233 g/mol. The quantitative estimate of drug-likeness (QED) is 0.830. The van der Waals surface area contributed by atoms with Crippen molar-refractivity contribution in [2.24, 2.45) is 5.92 Å². The van der Waals surface area contributed by atoms with Crippen molar-refractivity contribution >= 4 is 21.4 Å². The van der Waals surface area contributed by atoms with Crippen molar-refractivity contribution in [2.75, 3.05) is 13.1 Å². The number of benzene rings is 1. The van der Waals surface area contributed by atoms with Gasteiger partial charge in [0.25, 0.3) is 0 Å². The molecule has 1 heterocycles. The van der Waals surface area contributed by atoms with Crippen LogP contribution in [0.2, 0.25) is 0 Å². The second kappa shape index (κ2) is 5.46. The molecule has 0 saturated heterocycles. The molecule has 2 heteroatoms. The Kier molecular flexibility index (Phi) is 3.97. The zero-order valence-electron chi connectivity index (χ0n) is 9.99. The van der Waals surface area contributed by atoms with Gasteiger partial charge in [-0.2, -0.15) is 0 Å². The summed E-state index contributed by atoms with van der Waals surface area (Å²) >= 11 is 1.86. The van der Waals surface area contributed by atoms with E-state index in [1.165, 1.54) is 22.1 Å². The normalized spacial score (nSPS) is 13.1. The highest BCUT2D eigenvalue weighted by molar-refractivity contribution is 7.17. The molecule has 16 heavy (non-hydrogen) atoms. The second-order valence-corrected chi connectivity index (χ2v) is 5.29. The van der Waals surface area contributed by atoms with Crippen molar-refractivity contribution in [3.63, 3.8) is 0 Å². The van der Waals surface area contributed by atoms with Gasteiger partial charge in [-0.25, -0.2) is 0 Å². The molecular formula is C14H19NS. The molecule has 1 aromatic heterocycles. The first-order valence-electron chi connectivity index (χ1n) is 5.97. The Bertz CT molecular complexity index is 447. The fourth-order valence-electron chi connectivity index (χ4n) is 2.05. The Balaban J connectivity index is 2.11. The predicted octanol–water partition coefficient (Wildman–Crippen LogP) is 3.69. The van der Waals surface area contributed by atoms with Crippen LogP contribution in [0.25, 0.3) is 10.1 Å². The van der Waals surface area contributed by atoms with Crippen molar-refractivity contribution in [1.29, 1.82) is 0 Å². The number of fused-ring (bicyclic) bond motifs is 1. The molecule has 1 unspecified atom stereocenters. The number of hydrogen-bond donors (Lipinski definition) is 1. The molecule has 0 bridgehead atoms. The molecule has 0 fully saturated rings. The number of nitrogens with one attached hydrogen (secondary N) is 1. The molecule has 86 valence electrons. The van der Waals surface area contributed by atoms with Gasteiger partial charge >= 0.3 is 0 Å². The molecule has 1 atom stereocenters. The highest BCUT2D eigenvalue weighted by Gasteiger charge is 2.07. The Hall–Kier alpha value is -0.860. The van der Waals surface area contributed by atoms with E-state index in [0.717, 1.165) is 13.1 Å². The summed E-state index contributed by atoms with van der Waals surface area (Å²) in [4.78, 5) is 0. The third-order valence-corrected chi connectivity index (χ3v) is 3.88. The maximum atomic E-state index is 3.41. The second-order valence-electron chi connectivity index (χ2n) is 4.37. The highest BCUT2D eigenvalue weighted by atomic mass is 32.1. The molecule has 0 amide bonds. The van der Waals surface area contributed by atoms with Gasteiger partial charge in [0.15, 0.2) is 0 Å². The standard InChI is InChI=1S/C14H19NS/c1-3-15-10-11(2)9-13-6-4-5-12-7-8-16-14(12)13/h4-8,11,15H,3,9-10H2,1-2H3. The van der Waals surface area contributed by atoms with Crippen LogP contribution < -0.4 is 5.32 Å². The van der Waals surface area contributed by atoms with Crippen LogP contribution in [0, 0.1) is 5.92 Å². The van der Waals surface area contributed by atoms with E-state index in [-0.39, 0.29) is 0 Å². The average Bonchev–Trinajstić information content (AvgIpc) is 2.75. The minimum atomic E-state index is 0.702. The summed E-state index contributed by atoms with van der Waals surface area (Å²) in [5.74, 6) is 0.702. The topological polar surface area (TPSA) is 12.0 Å². The molecular weight excluding hydrogens is 214 g/mol. The molecule has 1 N–H and O–H groups in total. The molecule has 0 radical (unpaired) electrons. The molecule has 0 aliphatic carbocycles. The summed E-state index contributed by atoms with van der Waals surface area (Å²) < 4.78 is 1.46. The van der Waals surface area contributed by atoms with Gasteiger partial charge in [0.1, 0.15) is 0 Å². The van der Waals surface area contributed by atoms with Crippen molar-refractivity contribution in [3.05, 3.63) is 35.2 Å². The smallest absolute Gasteiger partial charge is 0.0374 e. The van der Waals surface area contributed by atoms with Crippen molar-refractivity contribution in [3.8, 4) is 0 Å². The molecule has 2 aromatic rings. The van der Waals surface area contributed by atoms with Gasteiger partial charge in [-0.1, -0.05) is 32.0 Å². The fraction of sp³-hybridized carbons (Fsp3) is 0.429. The van der Waals surface area contributed by atoms with Crippen molar-refractivity contribution < 1.29 is 0 Å². The molecule has 1 aromatic carbocycles. The fourth-order valence-corrected chi connectivity index (χ4v) is 2.98. The van der Waals surface area contributed by atoms with E-state index in [1.54, 1.807) is 0 Å².